The molecule has 54 heavy (non-hydrogen) atoms. The van der Waals surface area contributed by atoms with Gasteiger partial charge in [-0.15, -0.1) is 0 Å². The minimum Gasteiger partial charge on any atom is -0.361 e. The first-order valence-electron chi connectivity index (χ1n) is 18.6. The Labute approximate surface area is 320 Å². The number of benzene rings is 5. The molecule has 1 aliphatic heterocycles. The number of pyridine rings is 1. The molecule has 0 saturated heterocycles. The predicted octanol–water partition coefficient (Wildman–Crippen LogP) is 9.84. The lowest BCUT2D eigenvalue weighted by atomic mass is 9.77. The van der Waals surface area contributed by atoms with Gasteiger partial charge in [-0.1, -0.05) is 127 Å². The van der Waals surface area contributed by atoms with Crippen LogP contribution in [0.5, 0.6) is 0 Å². The zero-order valence-corrected chi connectivity index (χ0v) is 30.8. The minimum absolute atomic E-state index is 0.0506. The number of aryl methyl sites for hydroxylation is 2. The fourth-order valence-corrected chi connectivity index (χ4v) is 8.98. The quantitative estimate of drug-likeness (QED) is 0.0948. The summed E-state index contributed by atoms with van der Waals surface area (Å²) in [5.74, 6) is 0.913. The first kappa shape index (κ1) is 33.7. The van der Waals surface area contributed by atoms with E-state index in [9.17, 15) is 0 Å². The summed E-state index contributed by atoms with van der Waals surface area (Å²) >= 11 is 1.78. The summed E-state index contributed by atoms with van der Waals surface area (Å²) in [6, 6.07) is 51.4. The number of hydrogen-bond donors (Lipinski definition) is 1. The van der Waals surface area contributed by atoms with Crippen LogP contribution in [0.2, 0.25) is 0 Å². The third-order valence-electron chi connectivity index (χ3n) is 10.5. The van der Waals surface area contributed by atoms with Gasteiger partial charge in [0.05, 0.1) is 17.5 Å². The molecular weight excluding hydrogens is 683 g/mol. The molecular formula is C46H41N7S. The Morgan fingerprint density at radius 3 is 2.09 bits per heavy atom. The Bertz CT molecular complexity index is 2390. The van der Waals surface area contributed by atoms with Gasteiger partial charge in [0, 0.05) is 52.7 Å². The van der Waals surface area contributed by atoms with Crippen molar-refractivity contribution < 1.29 is 0 Å². The maximum atomic E-state index is 5.03. The number of aromatic amines is 1. The molecule has 0 aliphatic carbocycles. The van der Waals surface area contributed by atoms with Crippen molar-refractivity contribution in [2.45, 2.75) is 31.0 Å². The Morgan fingerprint density at radius 1 is 0.667 bits per heavy atom. The van der Waals surface area contributed by atoms with Gasteiger partial charge in [-0.25, -0.2) is 9.40 Å². The second-order valence-corrected chi connectivity index (χ2v) is 14.7. The molecule has 1 aliphatic rings. The number of H-pyrrole nitrogens is 1. The van der Waals surface area contributed by atoms with Crippen LogP contribution in [0.25, 0.3) is 21.8 Å². The van der Waals surface area contributed by atoms with Gasteiger partial charge in [0.25, 0.3) is 0 Å². The number of fused-ring (bicyclic) bond motifs is 2. The molecule has 1 N–H and O–H groups in total. The average Bonchev–Trinajstić information content (AvgIpc) is 3.99. The Kier molecular flexibility index (Phi) is 9.41. The number of aromatic nitrogens is 4. The standard InChI is InChI=1S/C46H41N7S/c1-4-15-36(16-5-1)46(37-17-6-2-7-18-37,38-19-8-3-9-20-38)52-32-39(49-33-52)21-14-29-51-34-50-53(45(51)42-23-12-26-44-41(42)24-13-28-47-44)54-30-27-35-31-48-43-25-11-10-22-40(35)43/h1-13,15-20,22-26,28,31-34,45,48H,14,21,27,29-30H2. The third-order valence-corrected chi connectivity index (χ3v) is 11.5. The van der Waals surface area contributed by atoms with E-state index < -0.39 is 5.54 Å². The van der Waals surface area contributed by atoms with Crippen molar-refractivity contribution in [3.63, 3.8) is 0 Å². The molecule has 9 rings (SSSR count). The molecule has 0 saturated carbocycles. The van der Waals surface area contributed by atoms with Gasteiger partial charge in [-0.2, -0.15) is 5.10 Å². The summed E-state index contributed by atoms with van der Waals surface area (Å²) in [6.07, 6.45) is 12.9. The minimum atomic E-state index is -0.575. The van der Waals surface area contributed by atoms with E-state index in [1.807, 2.05) is 24.9 Å². The largest absolute Gasteiger partial charge is 0.361 e. The number of imidazole rings is 1. The lowest BCUT2D eigenvalue weighted by molar-refractivity contribution is 0.231. The van der Waals surface area contributed by atoms with Gasteiger partial charge in [-0.05, 0) is 71.7 Å². The molecule has 8 aromatic rings. The van der Waals surface area contributed by atoms with Crippen LogP contribution in [0.4, 0.5) is 0 Å². The Balaban J connectivity index is 0.967. The molecule has 3 aromatic heterocycles. The Morgan fingerprint density at radius 2 is 1.35 bits per heavy atom. The highest BCUT2D eigenvalue weighted by Crippen LogP contribution is 2.41. The molecule has 0 spiro atoms. The van der Waals surface area contributed by atoms with Crippen LogP contribution in [-0.2, 0) is 18.4 Å². The highest BCUT2D eigenvalue weighted by molar-refractivity contribution is 7.97. The number of hydrogen-bond acceptors (Lipinski definition) is 6. The molecule has 1 unspecified atom stereocenters. The molecule has 266 valence electrons. The summed E-state index contributed by atoms with van der Waals surface area (Å²) in [5.41, 5.74) is 8.77. The van der Waals surface area contributed by atoms with Crippen molar-refractivity contribution in [1.29, 1.82) is 0 Å². The zero-order chi connectivity index (χ0) is 36.2. The lowest BCUT2D eigenvalue weighted by Crippen LogP contribution is -2.36. The summed E-state index contributed by atoms with van der Waals surface area (Å²) in [4.78, 5) is 15.5. The van der Waals surface area contributed by atoms with Gasteiger partial charge < -0.3 is 14.5 Å². The van der Waals surface area contributed by atoms with Crippen LogP contribution in [0.15, 0.2) is 176 Å². The summed E-state index contributed by atoms with van der Waals surface area (Å²) < 4.78 is 4.48. The molecule has 0 amide bonds. The molecule has 4 heterocycles. The highest BCUT2D eigenvalue weighted by Gasteiger charge is 2.38. The summed E-state index contributed by atoms with van der Waals surface area (Å²) in [6.45, 7) is 0.832. The third kappa shape index (κ3) is 6.32. The van der Waals surface area contributed by atoms with Crippen LogP contribution >= 0.6 is 11.9 Å². The normalized spacial score (nSPS) is 14.4. The number of hydrazone groups is 1. The van der Waals surface area contributed by atoms with Crippen LogP contribution < -0.4 is 0 Å². The number of rotatable bonds is 13. The van der Waals surface area contributed by atoms with E-state index in [1.54, 1.807) is 11.9 Å². The SMILES string of the molecule is C1=NN(SCCc2c[nH]c3ccccc23)C(c2cccc3ncccc23)N1CCCc1cn(C(c2ccccc2)(c2ccccc2)c2ccccc2)cn1. The van der Waals surface area contributed by atoms with Crippen molar-refractivity contribution in [3.05, 3.63) is 204 Å². The monoisotopic (exact) mass is 723 g/mol. The van der Waals surface area contributed by atoms with Gasteiger partial charge >= 0.3 is 0 Å². The van der Waals surface area contributed by atoms with Crippen molar-refractivity contribution in [3.8, 4) is 0 Å². The smallest absolute Gasteiger partial charge is 0.157 e. The average molecular weight is 724 g/mol. The zero-order valence-electron chi connectivity index (χ0n) is 29.9. The number of nitrogens with zero attached hydrogens (tertiary/aromatic N) is 6. The van der Waals surface area contributed by atoms with Crippen molar-refractivity contribution in [2.75, 3.05) is 12.3 Å². The van der Waals surface area contributed by atoms with Gasteiger partial charge in [0.15, 0.2) is 6.17 Å². The molecule has 0 fully saturated rings. The maximum absolute atomic E-state index is 5.03. The molecule has 7 nitrogen and oxygen atoms in total. The predicted molar refractivity (Wildman–Crippen MR) is 221 cm³/mol. The number of para-hydroxylation sites is 1. The van der Waals surface area contributed by atoms with Crippen LogP contribution in [0.1, 0.15) is 46.1 Å². The molecule has 0 bridgehead atoms. The van der Waals surface area contributed by atoms with Gasteiger partial charge in [0.1, 0.15) is 11.9 Å². The maximum Gasteiger partial charge on any atom is 0.157 e. The van der Waals surface area contributed by atoms with E-state index >= 15 is 0 Å². The fraction of sp³-hybridized carbons (Fsp3) is 0.152. The Hall–Kier alpha value is -6.12. The van der Waals surface area contributed by atoms with E-state index in [2.05, 4.69) is 176 Å². The fourth-order valence-electron chi connectivity index (χ4n) is 8.00. The molecule has 5 aromatic carbocycles. The van der Waals surface area contributed by atoms with Crippen LogP contribution in [0, 0.1) is 0 Å². The van der Waals surface area contributed by atoms with E-state index in [4.69, 9.17) is 10.1 Å². The summed E-state index contributed by atoms with van der Waals surface area (Å²) in [7, 11) is 0. The number of nitrogens with one attached hydrogen (secondary N) is 1. The van der Waals surface area contributed by atoms with E-state index in [-0.39, 0.29) is 6.17 Å². The van der Waals surface area contributed by atoms with E-state index in [1.165, 1.54) is 38.7 Å². The molecule has 1 atom stereocenters. The van der Waals surface area contributed by atoms with Crippen molar-refractivity contribution in [1.82, 2.24) is 28.8 Å². The second-order valence-electron chi connectivity index (χ2n) is 13.7. The highest BCUT2D eigenvalue weighted by atomic mass is 32.2. The topological polar surface area (TPSA) is 65.3 Å². The van der Waals surface area contributed by atoms with E-state index in [0.29, 0.717) is 0 Å². The van der Waals surface area contributed by atoms with Crippen molar-refractivity contribution in [2.24, 2.45) is 5.10 Å². The van der Waals surface area contributed by atoms with Crippen LogP contribution in [-0.4, -0.2) is 47.5 Å². The summed E-state index contributed by atoms with van der Waals surface area (Å²) in [5, 5.41) is 7.42. The first-order valence-corrected chi connectivity index (χ1v) is 19.5. The molecule has 8 heteroatoms. The first-order chi connectivity index (χ1) is 26.8. The lowest BCUT2D eigenvalue weighted by Gasteiger charge is -2.37. The van der Waals surface area contributed by atoms with Crippen molar-refractivity contribution >= 4 is 40.1 Å². The van der Waals surface area contributed by atoms with Crippen LogP contribution in [0.3, 0.4) is 0 Å². The van der Waals surface area contributed by atoms with Gasteiger partial charge in [0.2, 0.25) is 0 Å². The van der Waals surface area contributed by atoms with E-state index in [0.717, 1.165) is 48.2 Å². The second kappa shape index (κ2) is 15.1. The van der Waals surface area contributed by atoms with Gasteiger partial charge in [-0.3, -0.25) is 4.98 Å². The molecule has 0 radical (unpaired) electrons.